The van der Waals surface area contributed by atoms with E-state index in [-0.39, 0.29) is 5.41 Å². The number of hydrogen-bond donors (Lipinski definition) is 0. The van der Waals surface area contributed by atoms with Crippen LogP contribution in [0.15, 0.2) is 12.5 Å². The minimum atomic E-state index is 0.136. The zero-order chi connectivity index (χ0) is 9.03. The van der Waals surface area contributed by atoms with Gasteiger partial charge in [0.1, 0.15) is 6.33 Å². The summed E-state index contributed by atoms with van der Waals surface area (Å²) in [6, 6.07) is 0. The second-order valence-electron chi connectivity index (χ2n) is 3.80. The molecule has 0 fully saturated rings. The molecule has 0 aliphatic rings. The molecule has 1 aromatic heterocycles. The summed E-state index contributed by atoms with van der Waals surface area (Å²) in [5, 5.41) is 7.35. The zero-order valence-electron chi connectivity index (χ0n) is 7.61. The maximum absolute atomic E-state index is 5.33. The third kappa shape index (κ3) is 3.27. The highest BCUT2D eigenvalue weighted by Gasteiger charge is 2.11. The minimum absolute atomic E-state index is 0.136. The first-order chi connectivity index (χ1) is 5.58. The van der Waals surface area contributed by atoms with Crippen LogP contribution in [-0.2, 0) is 0 Å². The normalized spacial score (nSPS) is 11.2. The van der Waals surface area contributed by atoms with E-state index in [9.17, 15) is 0 Å². The number of hydrogen-bond acceptors (Lipinski definition) is 4. The summed E-state index contributed by atoms with van der Waals surface area (Å²) in [4.78, 5) is 3.79. The summed E-state index contributed by atoms with van der Waals surface area (Å²) < 4.78 is 5.33. The first-order valence-corrected chi connectivity index (χ1v) is 3.83. The smallest absolute Gasteiger partial charge is 0.252 e. The van der Waals surface area contributed by atoms with E-state index < -0.39 is 0 Å². The highest BCUT2D eigenvalue weighted by Crippen LogP contribution is 2.14. The molecule has 0 aromatic carbocycles. The van der Waals surface area contributed by atoms with E-state index in [1.165, 1.54) is 6.33 Å². The summed E-state index contributed by atoms with van der Waals surface area (Å²) in [6.07, 6.45) is 2.93. The van der Waals surface area contributed by atoms with Crippen molar-refractivity contribution in [2.24, 2.45) is 5.41 Å². The second kappa shape index (κ2) is 3.47. The van der Waals surface area contributed by atoms with Crippen molar-refractivity contribution in [3.63, 3.8) is 0 Å². The van der Waals surface area contributed by atoms with Crippen molar-refractivity contribution in [3.05, 3.63) is 12.5 Å². The molecule has 66 valence electrons. The van der Waals surface area contributed by atoms with Gasteiger partial charge in [0, 0.05) is 0 Å². The van der Waals surface area contributed by atoms with Gasteiger partial charge in [-0.2, -0.15) is 0 Å². The molecule has 0 bridgehead atoms. The van der Waals surface area contributed by atoms with Crippen molar-refractivity contribution in [2.75, 3.05) is 6.61 Å². The Morgan fingerprint density at radius 3 is 2.67 bits per heavy atom. The van der Waals surface area contributed by atoms with Gasteiger partial charge in [0.15, 0.2) is 0 Å². The Balaban J connectivity index is 2.44. The Hall–Kier alpha value is -1.19. The van der Waals surface area contributed by atoms with Gasteiger partial charge in [-0.15, -0.1) is 10.2 Å². The van der Waals surface area contributed by atoms with Gasteiger partial charge in [0.2, 0.25) is 0 Å². The maximum atomic E-state index is 5.33. The number of nitrogens with zero attached hydrogens (tertiary/aromatic N) is 3. The largest absolute Gasteiger partial charge is 0.475 e. The molecule has 0 saturated heterocycles. The third-order valence-electron chi connectivity index (χ3n) is 1.11. The van der Waals surface area contributed by atoms with E-state index in [1.807, 2.05) is 0 Å². The monoisotopic (exact) mass is 167 g/mol. The van der Waals surface area contributed by atoms with Crippen molar-refractivity contribution < 1.29 is 4.74 Å². The van der Waals surface area contributed by atoms with Crippen molar-refractivity contribution >= 4 is 0 Å². The van der Waals surface area contributed by atoms with Gasteiger partial charge in [-0.1, -0.05) is 20.8 Å². The third-order valence-corrected chi connectivity index (χ3v) is 1.11. The van der Waals surface area contributed by atoms with Crippen LogP contribution >= 0.6 is 0 Å². The summed E-state index contributed by atoms with van der Waals surface area (Å²) >= 11 is 0. The Bertz CT molecular complexity index is 230. The molecule has 0 atom stereocenters. The molecule has 0 amide bonds. The lowest BCUT2D eigenvalue weighted by Crippen LogP contribution is -2.17. The lowest BCUT2D eigenvalue weighted by Gasteiger charge is -2.17. The first-order valence-electron chi connectivity index (χ1n) is 3.83. The predicted octanol–water partition coefficient (Wildman–Crippen LogP) is 1.30. The maximum Gasteiger partial charge on any atom is 0.252 e. The summed E-state index contributed by atoms with van der Waals surface area (Å²) in [5.41, 5.74) is 0.136. The SMILES string of the molecule is CC(C)(C)COc1cncnn1. The quantitative estimate of drug-likeness (QED) is 0.666. The molecule has 0 aliphatic heterocycles. The van der Waals surface area contributed by atoms with Crippen molar-refractivity contribution in [1.82, 2.24) is 15.2 Å². The fraction of sp³-hybridized carbons (Fsp3) is 0.625. The number of rotatable bonds is 2. The predicted molar refractivity (Wildman–Crippen MR) is 44.8 cm³/mol. The van der Waals surface area contributed by atoms with E-state index in [2.05, 4.69) is 36.0 Å². The summed E-state index contributed by atoms with van der Waals surface area (Å²) in [6.45, 7) is 6.90. The van der Waals surface area contributed by atoms with Crippen LogP contribution < -0.4 is 4.74 Å². The minimum Gasteiger partial charge on any atom is -0.475 e. The lowest BCUT2D eigenvalue weighted by molar-refractivity contribution is 0.189. The second-order valence-corrected chi connectivity index (χ2v) is 3.80. The Morgan fingerprint density at radius 2 is 2.17 bits per heavy atom. The number of ether oxygens (including phenoxy) is 1. The van der Waals surface area contributed by atoms with Crippen LogP contribution in [0.4, 0.5) is 0 Å². The molecule has 0 N–H and O–H groups in total. The number of aromatic nitrogens is 3. The highest BCUT2D eigenvalue weighted by molar-refractivity contribution is 4.97. The summed E-state index contributed by atoms with van der Waals surface area (Å²) in [7, 11) is 0. The molecule has 4 nitrogen and oxygen atoms in total. The molecule has 4 heteroatoms. The van der Waals surface area contributed by atoms with Crippen LogP contribution in [0, 0.1) is 5.41 Å². The topological polar surface area (TPSA) is 47.9 Å². The van der Waals surface area contributed by atoms with E-state index in [4.69, 9.17) is 4.74 Å². The molecular formula is C8H13N3O. The van der Waals surface area contributed by atoms with Gasteiger partial charge in [0.05, 0.1) is 12.8 Å². The van der Waals surface area contributed by atoms with E-state index in [0.29, 0.717) is 12.5 Å². The molecule has 1 aromatic rings. The fourth-order valence-corrected chi connectivity index (χ4v) is 0.592. The molecule has 0 spiro atoms. The van der Waals surface area contributed by atoms with Crippen molar-refractivity contribution in [2.45, 2.75) is 20.8 Å². The van der Waals surface area contributed by atoms with E-state index in [0.717, 1.165) is 0 Å². The molecule has 0 radical (unpaired) electrons. The van der Waals surface area contributed by atoms with Crippen LogP contribution in [0.2, 0.25) is 0 Å². The lowest BCUT2D eigenvalue weighted by atomic mass is 9.99. The van der Waals surface area contributed by atoms with Crippen LogP contribution in [0.1, 0.15) is 20.8 Å². The van der Waals surface area contributed by atoms with Crippen LogP contribution in [0.5, 0.6) is 5.88 Å². The first kappa shape index (κ1) is 8.90. The zero-order valence-corrected chi connectivity index (χ0v) is 7.61. The van der Waals surface area contributed by atoms with Crippen molar-refractivity contribution in [3.8, 4) is 5.88 Å². The molecule has 0 unspecified atom stereocenters. The molecule has 1 heterocycles. The summed E-state index contributed by atoms with van der Waals surface area (Å²) in [5.74, 6) is 0.479. The van der Waals surface area contributed by atoms with Crippen LogP contribution in [0.3, 0.4) is 0 Å². The molecule has 12 heavy (non-hydrogen) atoms. The van der Waals surface area contributed by atoms with Gasteiger partial charge in [-0.25, -0.2) is 4.98 Å². The van der Waals surface area contributed by atoms with Gasteiger partial charge in [-0.3, -0.25) is 0 Å². The van der Waals surface area contributed by atoms with Gasteiger partial charge >= 0.3 is 0 Å². The Labute approximate surface area is 72.0 Å². The molecule has 0 saturated carbocycles. The standard InChI is InChI=1S/C8H13N3O/c1-8(2,3)5-12-7-4-9-6-10-11-7/h4,6H,5H2,1-3H3. The van der Waals surface area contributed by atoms with Gasteiger partial charge < -0.3 is 4.74 Å². The average molecular weight is 167 g/mol. The molecule has 0 aliphatic carbocycles. The highest BCUT2D eigenvalue weighted by atomic mass is 16.5. The van der Waals surface area contributed by atoms with Gasteiger partial charge in [-0.05, 0) is 5.41 Å². The van der Waals surface area contributed by atoms with E-state index in [1.54, 1.807) is 6.20 Å². The van der Waals surface area contributed by atoms with Crippen LogP contribution in [0.25, 0.3) is 0 Å². The van der Waals surface area contributed by atoms with Crippen LogP contribution in [-0.4, -0.2) is 21.8 Å². The Morgan fingerprint density at radius 1 is 1.42 bits per heavy atom. The molecule has 1 rings (SSSR count). The van der Waals surface area contributed by atoms with Gasteiger partial charge in [0.25, 0.3) is 5.88 Å². The fourth-order valence-electron chi connectivity index (χ4n) is 0.592. The van der Waals surface area contributed by atoms with E-state index >= 15 is 0 Å². The van der Waals surface area contributed by atoms with Crippen molar-refractivity contribution in [1.29, 1.82) is 0 Å². The average Bonchev–Trinajstić information content (AvgIpc) is 2.02. The molecular weight excluding hydrogens is 154 g/mol. The Kier molecular flexibility index (Phi) is 2.58.